The maximum absolute atomic E-state index is 5.40. The molecule has 0 aromatic carbocycles. The lowest BCUT2D eigenvalue weighted by Gasteiger charge is -2.33. The van der Waals surface area contributed by atoms with Crippen LogP contribution in [-0.4, -0.2) is 52.2 Å². The number of furan rings is 1. The van der Waals surface area contributed by atoms with E-state index in [0.717, 1.165) is 75.8 Å². The molecule has 1 fully saturated rings. The van der Waals surface area contributed by atoms with Crippen LogP contribution in [0.3, 0.4) is 0 Å². The van der Waals surface area contributed by atoms with E-state index in [1.165, 1.54) is 0 Å². The highest BCUT2D eigenvalue weighted by atomic mass is 16.3. The van der Waals surface area contributed by atoms with Crippen molar-refractivity contribution in [3.05, 3.63) is 36.3 Å². The fourth-order valence-corrected chi connectivity index (χ4v) is 3.14. The lowest BCUT2D eigenvalue weighted by Crippen LogP contribution is -2.46. The van der Waals surface area contributed by atoms with Gasteiger partial charge in [-0.3, -0.25) is 10.1 Å². The van der Waals surface area contributed by atoms with Crippen molar-refractivity contribution in [2.45, 2.75) is 44.9 Å². The molecule has 2 aromatic heterocycles. The van der Waals surface area contributed by atoms with Crippen LogP contribution in [0.5, 0.6) is 0 Å². The Labute approximate surface area is 148 Å². The predicted octanol–water partition coefficient (Wildman–Crippen LogP) is 2.57. The minimum absolute atomic E-state index is 0.471. The molecule has 136 valence electrons. The van der Waals surface area contributed by atoms with Crippen LogP contribution in [0, 0.1) is 0 Å². The smallest absolute Gasteiger partial charge is 0.193 e. The van der Waals surface area contributed by atoms with E-state index in [4.69, 9.17) is 9.41 Å². The SMILES string of the molecule is CCCCN=C(NCCc1ccco1)N1CCC(c2ncn[nH]2)CC1. The largest absolute Gasteiger partial charge is 0.469 e. The Bertz CT molecular complexity index is 614. The van der Waals surface area contributed by atoms with Crippen LogP contribution >= 0.6 is 0 Å². The summed E-state index contributed by atoms with van der Waals surface area (Å²) in [5.41, 5.74) is 0. The van der Waals surface area contributed by atoms with Crippen molar-refractivity contribution in [1.82, 2.24) is 25.4 Å². The van der Waals surface area contributed by atoms with Gasteiger partial charge in [0.1, 0.15) is 17.9 Å². The Kier molecular flexibility index (Phi) is 6.48. The third kappa shape index (κ3) is 5.08. The molecule has 7 heteroatoms. The van der Waals surface area contributed by atoms with Crippen molar-refractivity contribution in [1.29, 1.82) is 0 Å². The van der Waals surface area contributed by atoms with E-state index < -0.39 is 0 Å². The molecule has 0 spiro atoms. The average molecular weight is 344 g/mol. The molecule has 7 nitrogen and oxygen atoms in total. The first kappa shape index (κ1) is 17.5. The summed E-state index contributed by atoms with van der Waals surface area (Å²) >= 11 is 0. The highest BCUT2D eigenvalue weighted by Crippen LogP contribution is 2.24. The second-order valence-corrected chi connectivity index (χ2v) is 6.45. The van der Waals surface area contributed by atoms with Crippen molar-refractivity contribution < 1.29 is 4.42 Å². The Hall–Kier alpha value is -2.31. The average Bonchev–Trinajstić information content (AvgIpc) is 3.35. The van der Waals surface area contributed by atoms with Crippen LogP contribution < -0.4 is 5.32 Å². The van der Waals surface area contributed by atoms with Gasteiger partial charge in [0, 0.05) is 38.5 Å². The normalized spacial score (nSPS) is 16.4. The summed E-state index contributed by atoms with van der Waals surface area (Å²) in [7, 11) is 0. The fraction of sp³-hybridized carbons (Fsp3) is 0.611. The number of guanidine groups is 1. The van der Waals surface area contributed by atoms with Crippen LogP contribution in [0.4, 0.5) is 0 Å². The number of nitrogens with zero attached hydrogens (tertiary/aromatic N) is 4. The number of aliphatic imine (C=N–C) groups is 1. The molecule has 0 atom stereocenters. The maximum Gasteiger partial charge on any atom is 0.193 e. The molecule has 3 heterocycles. The molecule has 1 aliphatic heterocycles. The molecule has 1 aliphatic rings. The Morgan fingerprint density at radius 1 is 1.44 bits per heavy atom. The summed E-state index contributed by atoms with van der Waals surface area (Å²) in [4.78, 5) is 11.5. The minimum Gasteiger partial charge on any atom is -0.469 e. The third-order valence-corrected chi connectivity index (χ3v) is 4.62. The van der Waals surface area contributed by atoms with Gasteiger partial charge >= 0.3 is 0 Å². The molecule has 2 aromatic rings. The zero-order valence-electron chi connectivity index (χ0n) is 14.9. The molecule has 0 saturated carbocycles. The van der Waals surface area contributed by atoms with Crippen LogP contribution in [0.15, 0.2) is 34.1 Å². The molecule has 2 N–H and O–H groups in total. The van der Waals surface area contributed by atoms with Gasteiger partial charge in [0.15, 0.2) is 5.96 Å². The zero-order chi connectivity index (χ0) is 17.3. The van der Waals surface area contributed by atoms with Gasteiger partial charge in [-0.05, 0) is 31.4 Å². The molecule has 0 unspecified atom stereocenters. The molecule has 0 amide bonds. The van der Waals surface area contributed by atoms with Crippen molar-refractivity contribution in [3.63, 3.8) is 0 Å². The second kappa shape index (κ2) is 9.25. The summed E-state index contributed by atoms with van der Waals surface area (Å²) in [6.45, 7) is 5.89. The lowest BCUT2D eigenvalue weighted by molar-refractivity contribution is 0.298. The standard InChI is InChI=1S/C18H28N6O/c1-2-3-9-19-18(20-10-6-16-5-4-13-25-16)24-11-7-15(8-12-24)17-21-14-22-23-17/h4-5,13-15H,2-3,6-12H2,1H3,(H,19,20)(H,21,22,23). The lowest BCUT2D eigenvalue weighted by atomic mass is 9.96. The molecule has 0 radical (unpaired) electrons. The number of nitrogens with one attached hydrogen (secondary N) is 2. The fourth-order valence-electron chi connectivity index (χ4n) is 3.14. The van der Waals surface area contributed by atoms with E-state index in [1.807, 2.05) is 12.1 Å². The highest BCUT2D eigenvalue weighted by molar-refractivity contribution is 5.80. The van der Waals surface area contributed by atoms with Gasteiger partial charge in [-0.1, -0.05) is 13.3 Å². The molecular formula is C18H28N6O. The van der Waals surface area contributed by atoms with E-state index in [9.17, 15) is 0 Å². The van der Waals surface area contributed by atoms with Crippen molar-refractivity contribution in [3.8, 4) is 0 Å². The molecular weight excluding hydrogens is 316 g/mol. The van der Waals surface area contributed by atoms with Gasteiger partial charge in [0.05, 0.1) is 6.26 Å². The monoisotopic (exact) mass is 344 g/mol. The second-order valence-electron chi connectivity index (χ2n) is 6.45. The van der Waals surface area contributed by atoms with Gasteiger partial charge < -0.3 is 14.6 Å². The quantitative estimate of drug-likeness (QED) is 0.458. The Morgan fingerprint density at radius 2 is 2.32 bits per heavy atom. The van der Waals surface area contributed by atoms with E-state index in [0.29, 0.717) is 5.92 Å². The molecule has 0 bridgehead atoms. The molecule has 1 saturated heterocycles. The van der Waals surface area contributed by atoms with E-state index in [-0.39, 0.29) is 0 Å². The predicted molar refractivity (Wildman–Crippen MR) is 97.6 cm³/mol. The van der Waals surface area contributed by atoms with Crippen LogP contribution in [0.25, 0.3) is 0 Å². The van der Waals surface area contributed by atoms with Gasteiger partial charge in [-0.15, -0.1) is 0 Å². The summed E-state index contributed by atoms with van der Waals surface area (Å²) < 4.78 is 5.40. The zero-order valence-corrected chi connectivity index (χ0v) is 14.9. The number of rotatable bonds is 7. The molecule has 3 rings (SSSR count). The summed E-state index contributed by atoms with van der Waals surface area (Å²) in [6.07, 6.45) is 8.61. The van der Waals surface area contributed by atoms with Gasteiger partial charge in [-0.25, -0.2) is 4.98 Å². The van der Waals surface area contributed by atoms with E-state index in [2.05, 4.69) is 32.3 Å². The topological polar surface area (TPSA) is 82.3 Å². The Balaban J connectivity index is 1.52. The van der Waals surface area contributed by atoms with Crippen LogP contribution in [-0.2, 0) is 6.42 Å². The summed E-state index contributed by atoms with van der Waals surface area (Å²) in [5.74, 6) is 3.51. The molecule has 0 aliphatic carbocycles. The third-order valence-electron chi connectivity index (χ3n) is 4.62. The summed E-state index contributed by atoms with van der Waals surface area (Å²) in [6, 6.07) is 3.94. The minimum atomic E-state index is 0.471. The highest BCUT2D eigenvalue weighted by Gasteiger charge is 2.24. The van der Waals surface area contributed by atoms with Crippen LogP contribution in [0.2, 0.25) is 0 Å². The summed E-state index contributed by atoms with van der Waals surface area (Å²) in [5, 5.41) is 10.5. The number of likely N-dealkylation sites (tertiary alicyclic amines) is 1. The van der Waals surface area contributed by atoms with Gasteiger partial charge in [0.25, 0.3) is 0 Å². The van der Waals surface area contributed by atoms with Crippen molar-refractivity contribution in [2.24, 2.45) is 4.99 Å². The first-order valence-electron chi connectivity index (χ1n) is 9.27. The number of aromatic amines is 1. The Morgan fingerprint density at radius 3 is 3.00 bits per heavy atom. The van der Waals surface area contributed by atoms with Crippen LogP contribution in [0.1, 0.15) is 50.1 Å². The number of aromatic nitrogens is 3. The number of unbranched alkanes of at least 4 members (excludes halogenated alkanes) is 1. The van der Waals surface area contributed by atoms with Gasteiger partial charge in [0.2, 0.25) is 0 Å². The van der Waals surface area contributed by atoms with Crippen molar-refractivity contribution >= 4 is 5.96 Å². The van der Waals surface area contributed by atoms with E-state index in [1.54, 1.807) is 12.6 Å². The maximum atomic E-state index is 5.40. The number of hydrogen-bond donors (Lipinski definition) is 2. The molecule has 25 heavy (non-hydrogen) atoms. The number of piperidine rings is 1. The van der Waals surface area contributed by atoms with Crippen molar-refractivity contribution in [2.75, 3.05) is 26.2 Å². The first-order chi connectivity index (χ1) is 12.4. The first-order valence-corrected chi connectivity index (χ1v) is 9.27. The number of hydrogen-bond acceptors (Lipinski definition) is 4. The number of H-pyrrole nitrogens is 1. The van der Waals surface area contributed by atoms with Gasteiger partial charge in [-0.2, -0.15) is 5.10 Å². The van der Waals surface area contributed by atoms with E-state index >= 15 is 0 Å².